The van der Waals surface area contributed by atoms with Crippen molar-refractivity contribution in [2.24, 2.45) is 17.8 Å². The molecule has 3 amide bonds. The fourth-order valence-electron chi connectivity index (χ4n) is 5.17. The summed E-state index contributed by atoms with van der Waals surface area (Å²) in [5, 5.41) is 0. The van der Waals surface area contributed by atoms with Crippen LogP contribution in [0.25, 0.3) is 0 Å². The van der Waals surface area contributed by atoms with Crippen LogP contribution in [-0.2, 0) is 25.7 Å². The zero-order chi connectivity index (χ0) is 22.9. The molecule has 2 aromatic carbocycles. The Morgan fingerprint density at radius 1 is 0.879 bits per heavy atom. The first-order valence-electron chi connectivity index (χ1n) is 11.5. The molecule has 3 atom stereocenters. The van der Waals surface area contributed by atoms with E-state index in [9.17, 15) is 19.2 Å². The van der Waals surface area contributed by atoms with Gasteiger partial charge in [-0.25, -0.2) is 0 Å². The fraction of sp³-hybridized carbons (Fsp3) is 0.385. The van der Waals surface area contributed by atoms with Gasteiger partial charge in [-0.2, -0.15) is 0 Å². The van der Waals surface area contributed by atoms with Gasteiger partial charge in [-0.3, -0.25) is 24.1 Å². The molecular formula is C26H26N2O5. The lowest BCUT2D eigenvalue weighted by atomic mass is 9.81. The van der Waals surface area contributed by atoms with Crippen LogP contribution in [0.5, 0.6) is 5.75 Å². The first-order chi connectivity index (χ1) is 16.0. The molecule has 3 aliphatic rings. The van der Waals surface area contributed by atoms with Gasteiger partial charge in [0.05, 0.1) is 23.4 Å². The zero-order valence-electron chi connectivity index (χ0n) is 18.3. The van der Waals surface area contributed by atoms with Gasteiger partial charge in [-0.15, -0.1) is 0 Å². The predicted octanol–water partition coefficient (Wildman–Crippen LogP) is 3.32. The monoisotopic (exact) mass is 446 g/mol. The van der Waals surface area contributed by atoms with Crippen LogP contribution in [0.4, 0.5) is 5.69 Å². The Labute approximate surface area is 192 Å². The Bertz CT molecular complexity index is 1060. The van der Waals surface area contributed by atoms with Crippen molar-refractivity contribution in [3.63, 3.8) is 0 Å². The maximum absolute atomic E-state index is 12.8. The number of amides is 3. The summed E-state index contributed by atoms with van der Waals surface area (Å²) in [7, 11) is 0. The zero-order valence-corrected chi connectivity index (χ0v) is 18.3. The lowest BCUT2D eigenvalue weighted by Crippen LogP contribution is -2.30. The topological polar surface area (TPSA) is 84.0 Å². The molecule has 2 aromatic rings. The Balaban J connectivity index is 1.21. The number of rotatable bonds is 5. The first kappa shape index (κ1) is 21.4. The van der Waals surface area contributed by atoms with Crippen LogP contribution in [0.3, 0.4) is 0 Å². The molecule has 2 heterocycles. The van der Waals surface area contributed by atoms with Crippen molar-refractivity contribution < 1.29 is 23.9 Å². The number of imide groups is 1. The number of benzene rings is 2. The Hall–Kier alpha value is -3.48. The van der Waals surface area contributed by atoms with Gasteiger partial charge < -0.3 is 9.64 Å². The van der Waals surface area contributed by atoms with E-state index in [-0.39, 0.29) is 36.0 Å². The molecule has 2 aliphatic heterocycles. The standard InChI is InChI=1S/C26H26N2O5/c29-23-14-18(16-27(23)15-17-6-2-1-3-7-17)26(32)33-20-12-10-19(11-13-20)28-24(30)21-8-4-5-9-22(21)25(28)31/h1-3,6-7,10-13,18,21-22H,4-5,8-9,14-16H2/t18-,21-,22-/m1/s1. The number of fused-ring (bicyclic) bond motifs is 1. The van der Waals surface area contributed by atoms with Crippen LogP contribution in [0.2, 0.25) is 0 Å². The van der Waals surface area contributed by atoms with E-state index in [0.29, 0.717) is 24.5 Å². The lowest BCUT2D eigenvalue weighted by molar-refractivity contribution is -0.139. The molecule has 7 nitrogen and oxygen atoms in total. The normalized spacial score (nSPS) is 24.8. The van der Waals surface area contributed by atoms with E-state index in [2.05, 4.69) is 0 Å². The largest absolute Gasteiger partial charge is 0.426 e. The summed E-state index contributed by atoms with van der Waals surface area (Å²) in [4.78, 5) is 53.5. The molecule has 0 bridgehead atoms. The molecule has 0 aromatic heterocycles. The highest BCUT2D eigenvalue weighted by Gasteiger charge is 2.48. The number of carbonyl (C=O) groups is 4. The number of ether oxygens (including phenoxy) is 1. The SMILES string of the molecule is O=C(Oc1ccc(N2C(=O)[C@@H]3CCCC[C@H]3C2=O)cc1)[C@@H]1CC(=O)N(Cc2ccccc2)C1. The minimum atomic E-state index is -0.522. The number of hydrogen-bond acceptors (Lipinski definition) is 5. The van der Waals surface area contributed by atoms with Crippen LogP contribution >= 0.6 is 0 Å². The van der Waals surface area contributed by atoms with Crippen molar-refractivity contribution in [3.8, 4) is 5.75 Å². The molecule has 0 N–H and O–H groups in total. The molecule has 1 saturated carbocycles. The van der Waals surface area contributed by atoms with Crippen molar-refractivity contribution >= 4 is 29.4 Å². The third-order valence-electron chi connectivity index (χ3n) is 6.92. The molecule has 0 spiro atoms. The summed E-state index contributed by atoms with van der Waals surface area (Å²) in [5.74, 6) is -1.38. The summed E-state index contributed by atoms with van der Waals surface area (Å²) >= 11 is 0. The second-order valence-corrected chi connectivity index (χ2v) is 9.09. The highest BCUT2D eigenvalue weighted by molar-refractivity contribution is 6.22. The van der Waals surface area contributed by atoms with Gasteiger partial charge in [0.2, 0.25) is 17.7 Å². The highest BCUT2D eigenvalue weighted by atomic mass is 16.5. The fourth-order valence-corrected chi connectivity index (χ4v) is 5.17. The summed E-state index contributed by atoms with van der Waals surface area (Å²) in [5.41, 5.74) is 1.52. The molecular weight excluding hydrogens is 420 g/mol. The Morgan fingerprint density at radius 2 is 1.52 bits per heavy atom. The van der Waals surface area contributed by atoms with Crippen molar-refractivity contribution in [3.05, 3.63) is 60.2 Å². The maximum atomic E-state index is 12.8. The van der Waals surface area contributed by atoms with Crippen molar-refractivity contribution in [1.82, 2.24) is 4.90 Å². The third kappa shape index (κ3) is 4.15. The first-order valence-corrected chi connectivity index (χ1v) is 11.5. The van der Waals surface area contributed by atoms with Crippen LogP contribution in [0.1, 0.15) is 37.7 Å². The molecule has 1 aliphatic carbocycles. The second-order valence-electron chi connectivity index (χ2n) is 9.09. The minimum Gasteiger partial charge on any atom is -0.426 e. The van der Waals surface area contributed by atoms with E-state index in [0.717, 1.165) is 31.2 Å². The Morgan fingerprint density at radius 3 is 2.15 bits per heavy atom. The van der Waals surface area contributed by atoms with E-state index in [4.69, 9.17) is 4.74 Å². The number of anilines is 1. The van der Waals surface area contributed by atoms with E-state index in [1.54, 1.807) is 29.2 Å². The average Bonchev–Trinajstić information content (AvgIpc) is 3.32. The number of nitrogens with zero attached hydrogens (tertiary/aromatic N) is 2. The maximum Gasteiger partial charge on any atom is 0.316 e. The van der Waals surface area contributed by atoms with Gasteiger partial charge in [-0.1, -0.05) is 43.2 Å². The lowest BCUT2D eigenvalue weighted by Gasteiger charge is -2.19. The van der Waals surface area contributed by atoms with Crippen LogP contribution in [0, 0.1) is 17.8 Å². The number of hydrogen-bond donors (Lipinski definition) is 0. The molecule has 170 valence electrons. The summed E-state index contributed by atoms with van der Waals surface area (Å²) in [6.07, 6.45) is 3.62. The third-order valence-corrected chi connectivity index (χ3v) is 6.92. The molecule has 5 rings (SSSR count). The van der Waals surface area contributed by atoms with Gasteiger partial charge in [-0.05, 0) is 42.7 Å². The molecule has 0 radical (unpaired) electrons. The van der Waals surface area contributed by atoms with Crippen LogP contribution in [0.15, 0.2) is 54.6 Å². The molecule has 7 heteroatoms. The van der Waals surface area contributed by atoms with Crippen LogP contribution in [-0.4, -0.2) is 35.1 Å². The van der Waals surface area contributed by atoms with Crippen LogP contribution < -0.4 is 9.64 Å². The summed E-state index contributed by atoms with van der Waals surface area (Å²) < 4.78 is 5.50. The van der Waals surface area contributed by atoms with Crippen molar-refractivity contribution in [2.45, 2.75) is 38.6 Å². The minimum absolute atomic E-state index is 0.0660. The van der Waals surface area contributed by atoms with Gasteiger partial charge in [0, 0.05) is 19.5 Å². The highest BCUT2D eigenvalue weighted by Crippen LogP contribution is 2.40. The van der Waals surface area contributed by atoms with Crippen molar-refractivity contribution in [1.29, 1.82) is 0 Å². The number of esters is 1. The van der Waals surface area contributed by atoms with Crippen molar-refractivity contribution in [2.75, 3.05) is 11.4 Å². The van der Waals surface area contributed by atoms with Gasteiger partial charge in [0.1, 0.15) is 5.75 Å². The quantitative estimate of drug-likeness (QED) is 0.400. The molecule has 0 unspecified atom stereocenters. The predicted molar refractivity (Wildman–Crippen MR) is 120 cm³/mol. The van der Waals surface area contributed by atoms with E-state index in [1.165, 1.54) is 4.90 Å². The second kappa shape index (κ2) is 8.81. The number of carbonyl (C=O) groups excluding carboxylic acids is 4. The van der Waals surface area contributed by atoms with Gasteiger partial charge in [0.15, 0.2) is 0 Å². The number of likely N-dealkylation sites (tertiary alicyclic amines) is 1. The van der Waals surface area contributed by atoms with Gasteiger partial charge >= 0.3 is 5.97 Å². The molecule has 3 fully saturated rings. The Kier molecular flexibility index (Phi) is 5.70. The molecule has 2 saturated heterocycles. The van der Waals surface area contributed by atoms with E-state index >= 15 is 0 Å². The average molecular weight is 447 g/mol. The smallest absolute Gasteiger partial charge is 0.316 e. The van der Waals surface area contributed by atoms with E-state index in [1.807, 2.05) is 30.3 Å². The van der Waals surface area contributed by atoms with Gasteiger partial charge in [0.25, 0.3) is 0 Å². The summed E-state index contributed by atoms with van der Waals surface area (Å²) in [6.45, 7) is 0.794. The van der Waals surface area contributed by atoms with E-state index < -0.39 is 11.9 Å². The summed E-state index contributed by atoms with van der Waals surface area (Å²) in [6, 6.07) is 16.1. The molecule has 33 heavy (non-hydrogen) atoms.